The van der Waals surface area contributed by atoms with Crippen molar-refractivity contribution < 1.29 is 18.3 Å². The molecule has 1 N–H and O–H groups in total. The minimum Gasteiger partial charge on any atom is -0.383 e. The molecule has 1 aromatic carbocycles. The first-order chi connectivity index (χ1) is 13.0. The van der Waals surface area contributed by atoms with E-state index in [1.165, 1.54) is 12.1 Å². The van der Waals surface area contributed by atoms with Crippen LogP contribution in [0.4, 0.5) is 14.5 Å². The zero-order chi connectivity index (χ0) is 20.7. The molecule has 1 aromatic rings. The van der Waals surface area contributed by atoms with E-state index in [-0.39, 0.29) is 35.5 Å². The van der Waals surface area contributed by atoms with Crippen LogP contribution < -0.4 is 10.2 Å². The molecule has 28 heavy (non-hydrogen) atoms. The van der Waals surface area contributed by atoms with Crippen LogP contribution in [0.2, 0.25) is 0 Å². The maximum atomic E-state index is 13.9. The van der Waals surface area contributed by atoms with E-state index < -0.39 is 5.92 Å². The second-order valence-electron chi connectivity index (χ2n) is 8.83. The minimum absolute atomic E-state index is 0.0569. The Bertz CT molecular complexity index is 733. The lowest BCUT2D eigenvalue weighted by molar-refractivity contribution is -0.121. The average molecular weight is 395 g/mol. The van der Waals surface area contributed by atoms with Crippen molar-refractivity contribution in [2.45, 2.75) is 51.1 Å². The van der Waals surface area contributed by atoms with Crippen LogP contribution in [-0.4, -0.2) is 62.8 Å². The van der Waals surface area contributed by atoms with Gasteiger partial charge in [0.2, 0.25) is 5.91 Å². The Morgan fingerprint density at radius 2 is 2.11 bits per heavy atom. The summed E-state index contributed by atoms with van der Waals surface area (Å²) in [5.41, 5.74) is 1.22. The van der Waals surface area contributed by atoms with Crippen LogP contribution in [-0.2, 0) is 20.9 Å². The van der Waals surface area contributed by atoms with Gasteiger partial charge in [0.25, 0.3) is 5.92 Å². The smallest absolute Gasteiger partial charge is 0.270 e. The molecule has 2 atom stereocenters. The second kappa shape index (κ2) is 7.69. The molecule has 0 aromatic heterocycles. The second-order valence-corrected chi connectivity index (χ2v) is 8.83. The summed E-state index contributed by atoms with van der Waals surface area (Å²) >= 11 is 0. The van der Waals surface area contributed by atoms with Gasteiger partial charge in [-0.05, 0) is 18.6 Å². The molecule has 2 aliphatic heterocycles. The van der Waals surface area contributed by atoms with E-state index in [1.54, 1.807) is 18.1 Å². The predicted molar refractivity (Wildman–Crippen MR) is 106 cm³/mol. The number of hydrogen-bond donors (Lipinski definition) is 1. The van der Waals surface area contributed by atoms with Crippen molar-refractivity contribution in [2.75, 3.05) is 44.8 Å². The van der Waals surface area contributed by atoms with Gasteiger partial charge in [0.15, 0.2) is 0 Å². The van der Waals surface area contributed by atoms with Crippen molar-refractivity contribution in [3.63, 3.8) is 0 Å². The summed E-state index contributed by atoms with van der Waals surface area (Å²) in [6.45, 7) is 9.86. The van der Waals surface area contributed by atoms with Crippen LogP contribution >= 0.6 is 0 Å². The van der Waals surface area contributed by atoms with Crippen LogP contribution in [0.25, 0.3) is 0 Å². The Hall–Kier alpha value is -1.57. The number of halogens is 2. The molecule has 0 bridgehead atoms. The first-order valence-electron chi connectivity index (χ1n) is 9.82. The number of nitrogens with one attached hydrogen (secondary N) is 1. The van der Waals surface area contributed by atoms with Gasteiger partial charge in [-0.15, -0.1) is 0 Å². The summed E-state index contributed by atoms with van der Waals surface area (Å²) < 4.78 is 33.0. The van der Waals surface area contributed by atoms with Crippen LogP contribution in [0.3, 0.4) is 0 Å². The van der Waals surface area contributed by atoms with Gasteiger partial charge < -0.3 is 15.0 Å². The number of alkyl halides is 2. The van der Waals surface area contributed by atoms with E-state index in [0.717, 1.165) is 25.6 Å². The standard InChI is InChI=1S/C21H31F2N3O2/c1-14-10-25(16(9-24-14)12-28-5)11-19(27)26-13-20(2,3)17-7-6-15(8-18(17)26)21(4,22)23/h6-8,14,16,24H,9-13H2,1-5H3/t14-,16-/m1/s1. The van der Waals surface area contributed by atoms with Crippen LogP contribution in [0.15, 0.2) is 18.2 Å². The third-order valence-corrected chi connectivity index (χ3v) is 5.80. The number of nitrogens with zero attached hydrogens (tertiary/aromatic N) is 2. The zero-order valence-electron chi connectivity index (χ0n) is 17.4. The van der Waals surface area contributed by atoms with Crippen molar-refractivity contribution in [1.29, 1.82) is 0 Å². The maximum Gasteiger partial charge on any atom is 0.270 e. The number of hydrogen-bond acceptors (Lipinski definition) is 4. The van der Waals surface area contributed by atoms with Crippen molar-refractivity contribution in [3.8, 4) is 0 Å². The van der Waals surface area contributed by atoms with Gasteiger partial charge in [0.1, 0.15) is 0 Å². The largest absolute Gasteiger partial charge is 0.383 e. The van der Waals surface area contributed by atoms with E-state index in [4.69, 9.17) is 4.74 Å². The molecule has 156 valence electrons. The summed E-state index contributed by atoms with van der Waals surface area (Å²) in [4.78, 5) is 17.0. The summed E-state index contributed by atoms with van der Waals surface area (Å²) in [6, 6.07) is 5.10. The van der Waals surface area contributed by atoms with E-state index in [2.05, 4.69) is 17.1 Å². The number of methoxy groups -OCH3 is 1. The Morgan fingerprint density at radius 3 is 2.75 bits per heavy atom. The molecule has 1 fully saturated rings. The highest BCUT2D eigenvalue weighted by molar-refractivity contribution is 5.97. The van der Waals surface area contributed by atoms with Gasteiger partial charge in [-0.25, -0.2) is 8.78 Å². The number of carbonyl (C=O) groups excluding carboxylic acids is 1. The molecule has 1 amide bonds. The van der Waals surface area contributed by atoms with Crippen molar-refractivity contribution >= 4 is 11.6 Å². The SMILES string of the molecule is COC[C@H]1CN[C@H](C)CN1CC(=O)N1CC(C)(C)c2ccc(C(C)(F)F)cc21. The van der Waals surface area contributed by atoms with Gasteiger partial charge in [0, 0.05) is 62.4 Å². The molecule has 2 aliphatic rings. The first kappa shape index (κ1) is 21.1. The quantitative estimate of drug-likeness (QED) is 0.833. The van der Waals surface area contributed by atoms with Gasteiger partial charge in [-0.3, -0.25) is 9.69 Å². The average Bonchev–Trinajstić information content (AvgIpc) is 2.88. The number of carbonyl (C=O) groups is 1. The monoisotopic (exact) mass is 395 g/mol. The Kier molecular flexibility index (Phi) is 5.81. The lowest BCUT2D eigenvalue weighted by Crippen LogP contribution is -2.59. The van der Waals surface area contributed by atoms with Crippen molar-refractivity contribution in [3.05, 3.63) is 29.3 Å². The third kappa shape index (κ3) is 4.21. The molecule has 2 heterocycles. The molecule has 0 saturated carbocycles. The van der Waals surface area contributed by atoms with Crippen molar-refractivity contribution in [1.82, 2.24) is 10.2 Å². The molecule has 0 spiro atoms. The molecule has 1 saturated heterocycles. The molecular weight excluding hydrogens is 364 g/mol. The Labute approximate surface area is 166 Å². The fourth-order valence-corrected chi connectivity index (χ4v) is 4.23. The van der Waals surface area contributed by atoms with E-state index in [1.807, 2.05) is 13.8 Å². The molecule has 0 aliphatic carbocycles. The van der Waals surface area contributed by atoms with E-state index in [0.29, 0.717) is 18.8 Å². The molecule has 3 rings (SSSR count). The normalized spacial score (nSPS) is 25.0. The molecule has 5 nitrogen and oxygen atoms in total. The minimum atomic E-state index is -2.94. The number of benzene rings is 1. The molecule has 0 radical (unpaired) electrons. The fraction of sp³-hybridized carbons (Fsp3) is 0.667. The van der Waals surface area contributed by atoms with Gasteiger partial charge in [-0.2, -0.15) is 0 Å². The van der Waals surface area contributed by atoms with E-state index >= 15 is 0 Å². The summed E-state index contributed by atoms with van der Waals surface area (Å²) in [5, 5.41) is 3.41. The topological polar surface area (TPSA) is 44.8 Å². The summed E-state index contributed by atoms with van der Waals surface area (Å²) in [6.07, 6.45) is 0. The maximum absolute atomic E-state index is 13.9. The van der Waals surface area contributed by atoms with Crippen LogP contribution in [0, 0.1) is 0 Å². The number of ether oxygens (including phenoxy) is 1. The number of piperazine rings is 1. The highest BCUT2D eigenvalue weighted by atomic mass is 19.3. The predicted octanol–water partition coefficient (Wildman–Crippen LogP) is 2.73. The lowest BCUT2D eigenvalue weighted by atomic mass is 9.86. The first-order valence-corrected chi connectivity index (χ1v) is 9.82. The fourth-order valence-electron chi connectivity index (χ4n) is 4.23. The molecular formula is C21H31F2N3O2. The van der Waals surface area contributed by atoms with Gasteiger partial charge >= 0.3 is 0 Å². The zero-order valence-corrected chi connectivity index (χ0v) is 17.4. The summed E-state index contributed by atoms with van der Waals surface area (Å²) in [7, 11) is 1.66. The Morgan fingerprint density at radius 1 is 1.39 bits per heavy atom. The highest BCUT2D eigenvalue weighted by Gasteiger charge is 2.40. The number of amides is 1. The van der Waals surface area contributed by atoms with Crippen LogP contribution in [0.5, 0.6) is 0 Å². The van der Waals surface area contributed by atoms with Gasteiger partial charge in [0.05, 0.1) is 13.2 Å². The number of anilines is 1. The summed E-state index contributed by atoms with van der Waals surface area (Å²) in [5.74, 6) is -2.99. The molecule has 7 heteroatoms. The number of fused-ring (bicyclic) bond motifs is 1. The highest BCUT2D eigenvalue weighted by Crippen LogP contribution is 2.43. The Balaban J connectivity index is 1.85. The van der Waals surface area contributed by atoms with Crippen molar-refractivity contribution in [2.24, 2.45) is 0 Å². The van der Waals surface area contributed by atoms with E-state index in [9.17, 15) is 13.6 Å². The molecule has 0 unspecified atom stereocenters. The van der Waals surface area contributed by atoms with Gasteiger partial charge in [-0.1, -0.05) is 26.0 Å². The third-order valence-electron chi connectivity index (χ3n) is 5.80. The number of rotatable bonds is 5. The lowest BCUT2D eigenvalue weighted by Gasteiger charge is -2.39. The van der Waals surface area contributed by atoms with Crippen LogP contribution in [0.1, 0.15) is 38.8 Å².